The number of phenols is 1. The molecule has 0 amide bonds. The van der Waals surface area contributed by atoms with E-state index >= 15 is 0 Å². The zero-order chi connectivity index (χ0) is 15.1. The maximum atomic E-state index is 9.83. The van der Waals surface area contributed by atoms with Crippen LogP contribution in [0.2, 0.25) is 5.02 Å². The highest BCUT2D eigenvalue weighted by Crippen LogP contribution is 2.15. The topological polar surface area (TPSA) is 61.7 Å². The minimum Gasteiger partial charge on any atom is -0.508 e. The molecule has 0 aliphatic heterocycles. The number of ether oxygens (including phenoxy) is 1. The van der Waals surface area contributed by atoms with E-state index < -0.39 is 6.10 Å². The van der Waals surface area contributed by atoms with Gasteiger partial charge in [0.15, 0.2) is 0 Å². The number of halogens is 1. The van der Waals surface area contributed by atoms with Crippen molar-refractivity contribution in [2.45, 2.75) is 12.6 Å². The Morgan fingerprint density at radius 2 is 1.71 bits per heavy atom. The lowest BCUT2D eigenvalue weighted by Gasteiger charge is -2.13. The van der Waals surface area contributed by atoms with E-state index in [4.69, 9.17) is 16.3 Å². The number of phenolic OH excluding ortho intramolecular Hbond substituents is 1. The molecule has 112 valence electrons. The molecule has 4 nitrogen and oxygen atoms in total. The minimum absolute atomic E-state index is 0.213. The van der Waals surface area contributed by atoms with Crippen LogP contribution in [0.15, 0.2) is 48.5 Å². The minimum atomic E-state index is -0.599. The maximum absolute atomic E-state index is 9.83. The molecule has 0 aromatic heterocycles. The van der Waals surface area contributed by atoms with Gasteiger partial charge >= 0.3 is 0 Å². The van der Waals surface area contributed by atoms with Gasteiger partial charge in [-0.25, -0.2) is 0 Å². The normalized spacial score (nSPS) is 12.1. The summed E-state index contributed by atoms with van der Waals surface area (Å²) >= 11 is 5.78. The van der Waals surface area contributed by atoms with Gasteiger partial charge in [0.1, 0.15) is 24.2 Å². The fourth-order valence-electron chi connectivity index (χ4n) is 1.78. The quantitative estimate of drug-likeness (QED) is 0.736. The first kappa shape index (κ1) is 15.6. The monoisotopic (exact) mass is 307 g/mol. The maximum Gasteiger partial charge on any atom is 0.119 e. The second-order valence-electron chi connectivity index (χ2n) is 4.72. The molecule has 2 aromatic rings. The van der Waals surface area contributed by atoms with Crippen LogP contribution in [0.3, 0.4) is 0 Å². The first-order valence-electron chi connectivity index (χ1n) is 6.68. The second kappa shape index (κ2) is 7.88. The predicted molar refractivity (Wildman–Crippen MR) is 82.8 cm³/mol. The molecule has 2 aromatic carbocycles. The lowest BCUT2D eigenvalue weighted by molar-refractivity contribution is 0.106. The molecule has 2 rings (SSSR count). The Morgan fingerprint density at radius 3 is 2.38 bits per heavy atom. The molecule has 0 heterocycles. The molecule has 0 bridgehead atoms. The van der Waals surface area contributed by atoms with E-state index in [0.717, 1.165) is 5.56 Å². The van der Waals surface area contributed by atoms with Gasteiger partial charge in [-0.3, -0.25) is 0 Å². The molecule has 21 heavy (non-hydrogen) atoms. The van der Waals surface area contributed by atoms with Gasteiger partial charge in [-0.15, -0.1) is 0 Å². The third-order valence-electron chi connectivity index (χ3n) is 2.90. The number of aromatic hydroxyl groups is 1. The Morgan fingerprint density at radius 1 is 1.05 bits per heavy atom. The molecule has 0 fully saturated rings. The smallest absolute Gasteiger partial charge is 0.119 e. The van der Waals surface area contributed by atoms with Crippen LogP contribution < -0.4 is 10.1 Å². The molecular formula is C16H18ClNO3. The average molecular weight is 308 g/mol. The van der Waals surface area contributed by atoms with Crippen LogP contribution in [0.4, 0.5) is 0 Å². The summed E-state index contributed by atoms with van der Waals surface area (Å²) < 4.78 is 5.46. The van der Waals surface area contributed by atoms with E-state index in [9.17, 15) is 10.2 Å². The summed E-state index contributed by atoms with van der Waals surface area (Å²) in [7, 11) is 0. The van der Waals surface area contributed by atoms with Gasteiger partial charge in [0, 0.05) is 18.1 Å². The van der Waals surface area contributed by atoms with Crippen molar-refractivity contribution in [2.75, 3.05) is 13.2 Å². The lowest BCUT2D eigenvalue weighted by atomic mass is 10.2. The summed E-state index contributed by atoms with van der Waals surface area (Å²) in [5.74, 6) is 0.923. The van der Waals surface area contributed by atoms with Crippen molar-refractivity contribution >= 4 is 11.6 Å². The highest BCUT2D eigenvalue weighted by Gasteiger charge is 2.05. The third-order valence-corrected chi connectivity index (χ3v) is 3.15. The van der Waals surface area contributed by atoms with Crippen molar-refractivity contribution in [3.05, 3.63) is 59.1 Å². The second-order valence-corrected chi connectivity index (χ2v) is 5.15. The third kappa shape index (κ3) is 5.63. The molecule has 0 radical (unpaired) electrons. The van der Waals surface area contributed by atoms with Crippen molar-refractivity contribution in [3.8, 4) is 11.5 Å². The van der Waals surface area contributed by atoms with Crippen molar-refractivity contribution in [2.24, 2.45) is 0 Å². The molecular weight excluding hydrogens is 290 g/mol. The fraction of sp³-hybridized carbons (Fsp3) is 0.250. The van der Waals surface area contributed by atoms with Crippen LogP contribution in [-0.2, 0) is 6.54 Å². The van der Waals surface area contributed by atoms with Crippen molar-refractivity contribution < 1.29 is 14.9 Å². The average Bonchev–Trinajstić information content (AvgIpc) is 2.49. The highest BCUT2D eigenvalue weighted by molar-refractivity contribution is 6.30. The van der Waals surface area contributed by atoms with E-state index in [1.165, 1.54) is 0 Å². The van der Waals surface area contributed by atoms with E-state index in [1.807, 2.05) is 12.1 Å². The summed E-state index contributed by atoms with van der Waals surface area (Å²) in [5.41, 5.74) is 1.04. The molecule has 1 unspecified atom stereocenters. The Kier molecular flexibility index (Phi) is 5.87. The molecule has 0 aliphatic rings. The standard InChI is InChI=1S/C16H18ClNO3/c17-13-3-7-16(8-4-13)21-11-15(20)10-18-9-12-1-5-14(19)6-2-12/h1-8,15,18-20H,9-11H2. The molecule has 0 saturated heterocycles. The molecule has 1 atom stereocenters. The highest BCUT2D eigenvalue weighted by atomic mass is 35.5. The molecule has 5 heteroatoms. The van der Waals surface area contributed by atoms with Gasteiger partial charge in [0.2, 0.25) is 0 Å². The van der Waals surface area contributed by atoms with Gasteiger partial charge in [-0.05, 0) is 42.0 Å². The summed E-state index contributed by atoms with van der Waals surface area (Å²) in [4.78, 5) is 0. The molecule has 0 spiro atoms. The Hall–Kier alpha value is -1.75. The van der Waals surface area contributed by atoms with Gasteiger partial charge < -0.3 is 20.3 Å². The van der Waals surface area contributed by atoms with Crippen LogP contribution >= 0.6 is 11.6 Å². The van der Waals surface area contributed by atoms with E-state index in [2.05, 4.69) is 5.32 Å². The summed E-state index contributed by atoms with van der Waals surface area (Å²) in [6.45, 7) is 1.26. The number of hydrogen-bond donors (Lipinski definition) is 3. The largest absolute Gasteiger partial charge is 0.508 e. The van der Waals surface area contributed by atoms with Gasteiger partial charge in [0.05, 0.1) is 0 Å². The van der Waals surface area contributed by atoms with E-state index in [1.54, 1.807) is 36.4 Å². The summed E-state index contributed by atoms with van der Waals surface area (Å²) in [6, 6.07) is 13.9. The van der Waals surface area contributed by atoms with E-state index in [0.29, 0.717) is 23.9 Å². The van der Waals surface area contributed by atoms with Gasteiger partial charge in [-0.2, -0.15) is 0 Å². The zero-order valence-electron chi connectivity index (χ0n) is 11.5. The first-order chi connectivity index (χ1) is 10.1. The molecule has 3 N–H and O–H groups in total. The number of aliphatic hydroxyl groups excluding tert-OH is 1. The number of rotatable bonds is 7. The number of nitrogens with one attached hydrogen (secondary N) is 1. The number of hydrogen-bond acceptors (Lipinski definition) is 4. The predicted octanol–water partition coefficient (Wildman–Crippen LogP) is 2.58. The molecule has 0 aliphatic carbocycles. The Balaban J connectivity index is 1.66. The van der Waals surface area contributed by atoms with Crippen LogP contribution in [0, 0.1) is 0 Å². The van der Waals surface area contributed by atoms with E-state index in [-0.39, 0.29) is 12.4 Å². The fourth-order valence-corrected chi connectivity index (χ4v) is 1.91. The number of aliphatic hydroxyl groups is 1. The Labute approximate surface area is 129 Å². The first-order valence-corrected chi connectivity index (χ1v) is 7.06. The SMILES string of the molecule is Oc1ccc(CNCC(O)COc2ccc(Cl)cc2)cc1. The van der Waals surface area contributed by atoms with Crippen LogP contribution in [0.25, 0.3) is 0 Å². The molecule has 0 saturated carbocycles. The summed E-state index contributed by atoms with van der Waals surface area (Å²) in [5, 5.41) is 22.8. The lowest BCUT2D eigenvalue weighted by Crippen LogP contribution is -2.31. The van der Waals surface area contributed by atoms with Crippen molar-refractivity contribution in [1.82, 2.24) is 5.32 Å². The zero-order valence-corrected chi connectivity index (χ0v) is 12.3. The van der Waals surface area contributed by atoms with Crippen LogP contribution in [0.5, 0.6) is 11.5 Å². The summed E-state index contributed by atoms with van der Waals surface area (Å²) in [6.07, 6.45) is -0.599. The van der Waals surface area contributed by atoms with Crippen LogP contribution in [0.1, 0.15) is 5.56 Å². The van der Waals surface area contributed by atoms with Gasteiger partial charge in [0.25, 0.3) is 0 Å². The van der Waals surface area contributed by atoms with Gasteiger partial charge in [-0.1, -0.05) is 23.7 Å². The number of benzene rings is 2. The Bertz CT molecular complexity index is 542. The van der Waals surface area contributed by atoms with Crippen molar-refractivity contribution in [1.29, 1.82) is 0 Å². The van der Waals surface area contributed by atoms with Crippen LogP contribution in [-0.4, -0.2) is 29.5 Å². The van der Waals surface area contributed by atoms with Crippen molar-refractivity contribution in [3.63, 3.8) is 0 Å².